The van der Waals surface area contributed by atoms with Gasteiger partial charge in [0.15, 0.2) is 0 Å². The van der Waals surface area contributed by atoms with E-state index < -0.39 is 0 Å². The molecule has 1 aromatic rings. The zero-order valence-corrected chi connectivity index (χ0v) is 11.6. The fraction of sp³-hybridized carbons (Fsp3) is 0.692. The largest absolute Gasteiger partial charge is 0.462 e. The summed E-state index contributed by atoms with van der Waals surface area (Å²) < 4.78 is 12.1. The van der Waals surface area contributed by atoms with Gasteiger partial charge >= 0.3 is 5.97 Å². The molecule has 0 saturated heterocycles. The van der Waals surface area contributed by atoms with Crippen molar-refractivity contribution in [3.63, 3.8) is 0 Å². The molecule has 0 fully saturated rings. The highest BCUT2D eigenvalue weighted by atomic mass is 16.5. The second-order valence-corrected chi connectivity index (χ2v) is 4.62. The standard InChI is InChI=1S/C13H22N2O3/c1-5-18-13(16)11-8-15(4)14-12(11)9-17-7-6-10(2)3/h8,10H,5-7,9H2,1-4H3. The van der Waals surface area contributed by atoms with Crippen LogP contribution in [0.1, 0.15) is 43.2 Å². The molecule has 0 spiro atoms. The first-order valence-corrected chi connectivity index (χ1v) is 6.32. The summed E-state index contributed by atoms with van der Waals surface area (Å²) in [5.41, 5.74) is 1.13. The predicted octanol–water partition coefficient (Wildman–Crippen LogP) is 2.16. The molecule has 1 aromatic heterocycles. The van der Waals surface area contributed by atoms with E-state index in [2.05, 4.69) is 18.9 Å². The average molecular weight is 254 g/mol. The van der Waals surface area contributed by atoms with E-state index in [4.69, 9.17) is 9.47 Å². The molecule has 0 N–H and O–H groups in total. The Balaban J connectivity index is 2.56. The lowest BCUT2D eigenvalue weighted by atomic mass is 10.1. The number of rotatable bonds is 7. The van der Waals surface area contributed by atoms with Gasteiger partial charge < -0.3 is 9.47 Å². The second-order valence-electron chi connectivity index (χ2n) is 4.62. The molecule has 0 aliphatic carbocycles. The van der Waals surface area contributed by atoms with E-state index in [1.54, 1.807) is 24.9 Å². The number of aromatic nitrogens is 2. The maximum atomic E-state index is 11.7. The van der Waals surface area contributed by atoms with Crippen molar-refractivity contribution in [3.05, 3.63) is 17.5 Å². The van der Waals surface area contributed by atoms with Crippen LogP contribution in [0, 0.1) is 5.92 Å². The third-order valence-corrected chi connectivity index (χ3v) is 2.48. The molecule has 0 amide bonds. The summed E-state index contributed by atoms with van der Waals surface area (Å²) in [7, 11) is 1.78. The van der Waals surface area contributed by atoms with Crippen molar-refractivity contribution in [2.45, 2.75) is 33.8 Å². The minimum atomic E-state index is -0.340. The van der Waals surface area contributed by atoms with E-state index in [1.807, 2.05) is 0 Å². The average Bonchev–Trinajstić information content (AvgIpc) is 2.66. The number of carbonyl (C=O) groups excluding carboxylic acids is 1. The summed E-state index contributed by atoms with van der Waals surface area (Å²) in [6, 6.07) is 0. The van der Waals surface area contributed by atoms with Crippen molar-refractivity contribution >= 4 is 5.97 Å². The number of aryl methyl sites for hydroxylation is 1. The van der Waals surface area contributed by atoms with Crippen molar-refractivity contribution in [1.82, 2.24) is 9.78 Å². The van der Waals surface area contributed by atoms with Crippen LogP contribution in [0.2, 0.25) is 0 Å². The second kappa shape index (κ2) is 7.16. The molecule has 0 unspecified atom stereocenters. The van der Waals surface area contributed by atoms with E-state index in [0.29, 0.717) is 37.0 Å². The van der Waals surface area contributed by atoms with Gasteiger partial charge in [-0.05, 0) is 19.3 Å². The Kier molecular flexibility index (Phi) is 5.85. The monoisotopic (exact) mass is 254 g/mol. The highest BCUT2D eigenvalue weighted by Crippen LogP contribution is 2.10. The van der Waals surface area contributed by atoms with Crippen molar-refractivity contribution in [2.24, 2.45) is 13.0 Å². The molecule has 0 bridgehead atoms. The van der Waals surface area contributed by atoms with Crippen LogP contribution in [-0.4, -0.2) is 29.0 Å². The van der Waals surface area contributed by atoms with Crippen LogP contribution < -0.4 is 0 Å². The van der Waals surface area contributed by atoms with Crippen LogP contribution in [0.4, 0.5) is 0 Å². The summed E-state index contributed by atoms with van der Waals surface area (Å²) in [4.78, 5) is 11.7. The minimum absolute atomic E-state index is 0.340. The Morgan fingerprint density at radius 2 is 2.22 bits per heavy atom. The van der Waals surface area contributed by atoms with Gasteiger partial charge in [-0.2, -0.15) is 5.10 Å². The molecule has 1 rings (SSSR count). The minimum Gasteiger partial charge on any atom is -0.462 e. The van der Waals surface area contributed by atoms with Crippen LogP contribution in [0.3, 0.4) is 0 Å². The fourth-order valence-electron chi connectivity index (χ4n) is 1.51. The maximum Gasteiger partial charge on any atom is 0.341 e. The molecule has 0 radical (unpaired) electrons. The highest BCUT2D eigenvalue weighted by molar-refractivity contribution is 5.90. The van der Waals surface area contributed by atoms with Gasteiger partial charge in [-0.25, -0.2) is 4.79 Å². The Hall–Kier alpha value is -1.36. The normalized spacial score (nSPS) is 10.9. The Morgan fingerprint density at radius 3 is 2.83 bits per heavy atom. The third kappa shape index (κ3) is 4.49. The fourth-order valence-corrected chi connectivity index (χ4v) is 1.51. The first-order chi connectivity index (χ1) is 8.54. The lowest BCUT2D eigenvalue weighted by Crippen LogP contribution is -2.08. The van der Waals surface area contributed by atoms with Crippen molar-refractivity contribution in [1.29, 1.82) is 0 Å². The molecule has 1 heterocycles. The van der Waals surface area contributed by atoms with Gasteiger partial charge in [0.25, 0.3) is 0 Å². The lowest BCUT2D eigenvalue weighted by Gasteiger charge is -2.06. The SMILES string of the molecule is CCOC(=O)c1cn(C)nc1COCCC(C)C. The quantitative estimate of drug-likeness (QED) is 0.552. The summed E-state index contributed by atoms with van der Waals surface area (Å²) in [6.07, 6.45) is 2.67. The van der Waals surface area contributed by atoms with E-state index >= 15 is 0 Å². The zero-order valence-electron chi connectivity index (χ0n) is 11.6. The van der Waals surface area contributed by atoms with Crippen LogP contribution >= 0.6 is 0 Å². The first-order valence-electron chi connectivity index (χ1n) is 6.32. The molecule has 102 valence electrons. The summed E-state index contributed by atoms with van der Waals surface area (Å²) in [5, 5.41) is 4.22. The summed E-state index contributed by atoms with van der Waals surface area (Å²) in [5.74, 6) is 0.270. The van der Waals surface area contributed by atoms with Gasteiger partial charge in [-0.3, -0.25) is 4.68 Å². The van der Waals surface area contributed by atoms with Gasteiger partial charge in [0.1, 0.15) is 11.3 Å². The van der Waals surface area contributed by atoms with Gasteiger partial charge in [0, 0.05) is 19.9 Å². The smallest absolute Gasteiger partial charge is 0.341 e. The Morgan fingerprint density at radius 1 is 1.50 bits per heavy atom. The highest BCUT2D eigenvalue weighted by Gasteiger charge is 2.16. The van der Waals surface area contributed by atoms with Gasteiger partial charge in [-0.1, -0.05) is 13.8 Å². The molecule has 5 heteroatoms. The van der Waals surface area contributed by atoms with Gasteiger partial charge in [-0.15, -0.1) is 0 Å². The molecule has 5 nitrogen and oxygen atoms in total. The van der Waals surface area contributed by atoms with E-state index in [-0.39, 0.29) is 5.97 Å². The van der Waals surface area contributed by atoms with Crippen molar-refractivity contribution < 1.29 is 14.3 Å². The number of carbonyl (C=O) groups is 1. The number of hydrogen-bond acceptors (Lipinski definition) is 4. The summed E-state index contributed by atoms with van der Waals surface area (Å²) in [6.45, 7) is 7.47. The third-order valence-electron chi connectivity index (χ3n) is 2.48. The number of hydrogen-bond donors (Lipinski definition) is 0. The van der Waals surface area contributed by atoms with Crippen LogP contribution in [0.15, 0.2) is 6.20 Å². The molecular formula is C13H22N2O3. The van der Waals surface area contributed by atoms with E-state index in [0.717, 1.165) is 6.42 Å². The van der Waals surface area contributed by atoms with Gasteiger partial charge in [0.2, 0.25) is 0 Å². The molecule has 0 atom stereocenters. The van der Waals surface area contributed by atoms with Crippen LogP contribution in [0.25, 0.3) is 0 Å². The Labute approximate surface area is 108 Å². The number of esters is 1. The van der Waals surface area contributed by atoms with Crippen LogP contribution in [-0.2, 0) is 23.1 Å². The van der Waals surface area contributed by atoms with E-state index in [9.17, 15) is 4.79 Å². The molecule has 18 heavy (non-hydrogen) atoms. The van der Waals surface area contributed by atoms with Crippen molar-refractivity contribution in [3.8, 4) is 0 Å². The molecule has 0 aliphatic heterocycles. The number of nitrogens with zero attached hydrogens (tertiary/aromatic N) is 2. The zero-order chi connectivity index (χ0) is 13.5. The molecule has 0 aliphatic rings. The van der Waals surface area contributed by atoms with Crippen LogP contribution in [0.5, 0.6) is 0 Å². The predicted molar refractivity (Wildman–Crippen MR) is 68.3 cm³/mol. The number of ether oxygens (including phenoxy) is 2. The topological polar surface area (TPSA) is 53.4 Å². The Bertz CT molecular complexity index is 386. The van der Waals surface area contributed by atoms with Gasteiger partial charge in [0.05, 0.1) is 13.2 Å². The molecule has 0 aromatic carbocycles. The van der Waals surface area contributed by atoms with Crippen molar-refractivity contribution in [2.75, 3.05) is 13.2 Å². The molecule has 0 saturated carbocycles. The molecular weight excluding hydrogens is 232 g/mol. The maximum absolute atomic E-state index is 11.7. The summed E-state index contributed by atoms with van der Waals surface area (Å²) >= 11 is 0. The lowest BCUT2D eigenvalue weighted by molar-refractivity contribution is 0.0517. The van der Waals surface area contributed by atoms with E-state index in [1.165, 1.54) is 0 Å². The first kappa shape index (κ1) is 14.7.